The summed E-state index contributed by atoms with van der Waals surface area (Å²) in [4.78, 5) is 0.853. The molecule has 5 rings (SSSR count). The molecule has 1 aromatic rings. The molecule has 0 aromatic heterocycles. The van der Waals surface area contributed by atoms with Gasteiger partial charge in [-0.3, -0.25) is 0 Å². The summed E-state index contributed by atoms with van der Waals surface area (Å²) in [5.74, 6) is 3.10. The Bertz CT molecular complexity index is 654. The van der Waals surface area contributed by atoms with Crippen molar-refractivity contribution in [1.82, 2.24) is 0 Å². The second-order valence-corrected chi connectivity index (χ2v) is 13.9. The van der Waals surface area contributed by atoms with E-state index in [-0.39, 0.29) is 7.43 Å². The minimum atomic E-state index is -0.556. The summed E-state index contributed by atoms with van der Waals surface area (Å²) in [6.07, 6.45) is 18.3. The molecule has 4 aliphatic rings. The number of benzene rings is 1. The van der Waals surface area contributed by atoms with E-state index in [0.29, 0.717) is 0 Å². The van der Waals surface area contributed by atoms with Crippen molar-refractivity contribution in [2.75, 3.05) is 0 Å². The van der Waals surface area contributed by atoms with E-state index in [2.05, 4.69) is 70.0 Å². The molecule has 4 unspecified atom stereocenters. The minimum absolute atomic E-state index is 0. The third-order valence-electron chi connectivity index (χ3n) is 6.76. The summed E-state index contributed by atoms with van der Waals surface area (Å²) in [5.41, 5.74) is 4.26. The van der Waals surface area contributed by atoms with Crippen molar-refractivity contribution in [3.05, 3.63) is 46.8 Å². The monoisotopic (exact) mass is 657 g/mol. The van der Waals surface area contributed by atoms with E-state index in [1.165, 1.54) is 85.4 Å². The van der Waals surface area contributed by atoms with Crippen molar-refractivity contribution < 1.29 is 17.0 Å². The van der Waals surface area contributed by atoms with Gasteiger partial charge in [-0.15, -0.1) is 0 Å². The Balaban J connectivity index is 0.000000438. The van der Waals surface area contributed by atoms with E-state index in [1.807, 2.05) is 13.8 Å². The summed E-state index contributed by atoms with van der Waals surface area (Å²) in [6, 6.07) is 6.37. The zero-order valence-electron chi connectivity index (χ0n) is 21.4. The molecule has 5 heteroatoms. The summed E-state index contributed by atoms with van der Waals surface area (Å²) in [5, 5.41) is 0. The van der Waals surface area contributed by atoms with Gasteiger partial charge in [0.2, 0.25) is 0 Å². The average Bonchev–Trinajstić information content (AvgIpc) is 3.53. The fraction of sp³-hybridized carbons (Fsp3) is 0.679. The van der Waals surface area contributed by atoms with Gasteiger partial charge in [-0.25, -0.2) is 0 Å². The van der Waals surface area contributed by atoms with Gasteiger partial charge in [0.1, 0.15) is 0 Å². The first-order valence-electron chi connectivity index (χ1n) is 12.5. The Morgan fingerprint density at radius 2 is 1.52 bits per heavy atom. The van der Waals surface area contributed by atoms with Gasteiger partial charge in [0, 0.05) is 9.30 Å². The Labute approximate surface area is 239 Å². The zero-order valence-corrected chi connectivity index (χ0v) is 27.7. The fourth-order valence-corrected chi connectivity index (χ4v) is 6.88. The molecule has 0 saturated heterocycles. The first kappa shape index (κ1) is 34.2. The van der Waals surface area contributed by atoms with Gasteiger partial charge in [0.05, 0.1) is 0 Å². The van der Waals surface area contributed by atoms with Gasteiger partial charge in [-0.05, 0) is 67.6 Å². The molecule has 0 bridgehead atoms. The first-order valence-corrected chi connectivity index (χ1v) is 18.5. The topological polar surface area (TPSA) is 0 Å². The van der Waals surface area contributed by atoms with Gasteiger partial charge in [-0.1, -0.05) is 121 Å². The van der Waals surface area contributed by atoms with E-state index in [4.69, 9.17) is 18.6 Å². The predicted octanol–water partition coefficient (Wildman–Crippen LogP) is 11.8. The molecule has 33 heavy (non-hydrogen) atoms. The standard InChI is InChI=1S/C10H17Br.C10H9Br.C5H10.C2H6.CH3.2ClH.Ti/c2*1-7-5-8-3-2-4-10(11)9(8)6-7;1-2-4-5-3-1;1-2;;;;/h7-10H,2-6H2,1H3;2-4,6H,5H2,1H3;1-5H2;1-2H3;1H3;2*1H;/q;;;;-1;;;+2/p-2. The third kappa shape index (κ3) is 12.8. The van der Waals surface area contributed by atoms with Gasteiger partial charge in [0.15, 0.2) is 0 Å². The van der Waals surface area contributed by atoms with Crippen LogP contribution in [0, 0.1) is 25.2 Å². The Morgan fingerprint density at radius 3 is 2.03 bits per heavy atom. The molecule has 0 aliphatic heterocycles. The number of fused-ring (bicyclic) bond motifs is 2. The second-order valence-electron chi connectivity index (χ2n) is 9.27. The quantitative estimate of drug-likeness (QED) is 0.148. The number of hydrogen-bond acceptors (Lipinski definition) is 0. The summed E-state index contributed by atoms with van der Waals surface area (Å²) in [7, 11) is 9.78. The molecule has 0 N–H and O–H groups in total. The van der Waals surface area contributed by atoms with Gasteiger partial charge in [0.25, 0.3) is 0 Å². The fourth-order valence-electron chi connectivity index (χ4n) is 5.39. The van der Waals surface area contributed by atoms with Crippen molar-refractivity contribution in [2.24, 2.45) is 17.8 Å². The molecule has 0 nitrogen and oxygen atoms in total. The second kappa shape index (κ2) is 20.3. The van der Waals surface area contributed by atoms with Crippen LogP contribution in [-0.2, 0) is 23.5 Å². The first-order chi connectivity index (χ1) is 15.5. The molecule has 1 aromatic carbocycles. The Hall–Kier alpha value is 1.21. The SMILES string of the molecule is C1CCCC1.CC.CC1=Cc2c(Br)cccc2C1.CC1CC2CCCC(Br)C2C1.[CH3-].[Cl][Ti][Cl]. The van der Waals surface area contributed by atoms with E-state index in [0.717, 1.165) is 29.0 Å². The Morgan fingerprint density at radius 1 is 0.939 bits per heavy atom. The van der Waals surface area contributed by atoms with Crippen LogP contribution in [-0.4, -0.2) is 4.83 Å². The number of hydrogen-bond donors (Lipinski definition) is 0. The summed E-state index contributed by atoms with van der Waals surface area (Å²) in [6.45, 7) is 8.59. The maximum atomic E-state index is 4.89. The molecular formula is C28H45Br2Cl2Ti-. The number of allylic oxidation sites excluding steroid dienone is 1. The van der Waals surface area contributed by atoms with E-state index >= 15 is 0 Å². The van der Waals surface area contributed by atoms with E-state index in [1.54, 1.807) is 0 Å². The molecule has 0 amide bonds. The molecule has 4 atom stereocenters. The van der Waals surface area contributed by atoms with Crippen LogP contribution >= 0.6 is 50.5 Å². The van der Waals surface area contributed by atoms with E-state index < -0.39 is 17.0 Å². The van der Waals surface area contributed by atoms with Crippen molar-refractivity contribution in [3.63, 3.8) is 0 Å². The maximum absolute atomic E-state index is 4.89. The van der Waals surface area contributed by atoms with Crippen LogP contribution < -0.4 is 0 Å². The van der Waals surface area contributed by atoms with Gasteiger partial charge < -0.3 is 7.43 Å². The summed E-state index contributed by atoms with van der Waals surface area (Å²) >= 11 is 6.80. The molecule has 0 heterocycles. The number of alkyl halides is 1. The van der Waals surface area contributed by atoms with Crippen LogP contribution in [0.2, 0.25) is 0 Å². The molecular weight excluding hydrogens is 615 g/mol. The Kier molecular flexibility index (Phi) is 21.0. The molecule has 0 radical (unpaired) electrons. The van der Waals surface area contributed by atoms with Crippen LogP contribution in [0.4, 0.5) is 0 Å². The molecule has 3 saturated carbocycles. The molecule has 4 aliphatic carbocycles. The molecule has 190 valence electrons. The van der Waals surface area contributed by atoms with Crippen LogP contribution in [0.15, 0.2) is 28.2 Å². The molecule has 0 spiro atoms. The van der Waals surface area contributed by atoms with Crippen molar-refractivity contribution in [1.29, 1.82) is 0 Å². The van der Waals surface area contributed by atoms with E-state index in [9.17, 15) is 0 Å². The van der Waals surface area contributed by atoms with Crippen LogP contribution in [0.25, 0.3) is 6.08 Å². The molecule has 3 fully saturated rings. The normalized spacial score (nSPS) is 26.0. The third-order valence-corrected chi connectivity index (χ3v) is 8.59. The number of rotatable bonds is 0. The number of halogens is 4. The van der Waals surface area contributed by atoms with Crippen LogP contribution in [0.5, 0.6) is 0 Å². The summed E-state index contributed by atoms with van der Waals surface area (Å²) < 4.78 is 1.21. The van der Waals surface area contributed by atoms with Crippen molar-refractivity contribution >= 4 is 56.5 Å². The van der Waals surface area contributed by atoms with Crippen LogP contribution in [0.1, 0.15) is 103 Å². The van der Waals surface area contributed by atoms with Gasteiger partial charge in [-0.2, -0.15) is 0 Å². The van der Waals surface area contributed by atoms with Crippen molar-refractivity contribution in [2.45, 2.75) is 103 Å². The average molecular weight is 660 g/mol. The van der Waals surface area contributed by atoms with Gasteiger partial charge >= 0.3 is 35.6 Å². The predicted molar refractivity (Wildman–Crippen MR) is 156 cm³/mol. The van der Waals surface area contributed by atoms with Crippen molar-refractivity contribution in [3.8, 4) is 0 Å². The van der Waals surface area contributed by atoms with Crippen LogP contribution in [0.3, 0.4) is 0 Å². The zero-order chi connectivity index (χ0) is 23.9.